The van der Waals surface area contributed by atoms with Crippen LogP contribution < -0.4 is 53.0 Å². The van der Waals surface area contributed by atoms with Gasteiger partial charge in [0.15, 0.2) is 0 Å². The average Bonchev–Trinajstić information content (AvgIpc) is 2.37. The molecule has 5 rings (SSSR count). The quantitative estimate of drug-likeness (QED) is 0.364. The number of benzene rings is 1. The molecule has 0 amide bonds. The van der Waals surface area contributed by atoms with E-state index in [1.165, 1.54) is 44.1 Å². The number of methoxy groups -OCH3 is 1. The summed E-state index contributed by atoms with van der Waals surface area (Å²) < 4.78 is 5.61. The van der Waals surface area contributed by atoms with Gasteiger partial charge in [-0.1, -0.05) is 19.3 Å². The maximum Gasteiger partial charge on any atom is 2.00 e. The van der Waals surface area contributed by atoms with E-state index in [0.29, 0.717) is 5.41 Å². The van der Waals surface area contributed by atoms with Crippen LogP contribution in [0.1, 0.15) is 44.1 Å². The zero-order chi connectivity index (χ0) is 12.2. The van der Waals surface area contributed by atoms with Gasteiger partial charge in [-0.25, -0.2) is 0 Å². The van der Waals surface area contributed by atoms with Gasteiger partial charge in [-0.2, -0.15) is 18.2 Å². The van der Waals surface area contributed by atoms with Crippen LogP contribution in [0.3, 0.4) is 0 Å². The van der Waals surface area contributed by atoms with Crippen molar-refractivity contribution in [1.29, 1.82) is 0 Å². The predicted molar refractivity (Wildman–Crippen MR) is 77.4 cm³/mol. The first-order valence-corrected chi connectivity index (χ1v) is 7.34. The fourth-order valence-corrected chi connectivity index (χ4v) is 5.45. The van der Waals surface area contributed by atoms with Crippen molar-refractivity contribution in [2.75, 3.05) is 7.11 Å². The maximum atomic E-state index is 5.61. The summed E-state index contributed by atoms with van der Waals surface area (Å²) in [6.07, 6.45) is 8.68. The second kappa shape index (κ2) is 9.02. The van der Waals surface area contributed by atoms with Crippen LogP contribution in [0.25, 0.3) is 0 Å². The summed E-state index contributed by atoms with van der Waals surface area (Å²) in [4.78, 5) is 0. The Morgan fingerprint density at radius 1 is 1.09 bits per heavy atom. The summed E-state index contributed by atoms with van der Waals surface area (Å²) in [5.74, 6) is 4.05. The van der Waals surface area contributed by atoms with Gasteiger partial charge in [-0.05, 0) is 42.4 Å². The molecule has 0 spiro atoms. The largest absolute Gasteiger partial charge is 2.00 e. The van der Waals surface area contributed by atoms with E-state index >= 15 is 0 Å². The molecule has 1 aromatic carbocycles. The summed E-state index contributed by atoms with van der Waals surface area (Å²) in [6, 6.07) is 9.55. The summed E-state index contributed by atoms with van der Waals surface area (Å²) in [5.41, 5.74) is 1.88. The van der Waals surface area contributed by atoms with Crippen molar-refractivity contribution in [3.63, 3.8) is 0 Å². The van der Waals surface area contributed by atoms with E-state index in [1.54, 1.807) is 7.11 Å². The standard InChI is InChI=1S/C17H21O.BrH.ClH.Li.Mg/c1-18-16-5-3-2-4-15(16)17-9-12-6-13(10-17)8-14(7-12)11-17;;;;/h3-5,12-14H,6-11H2,1H3;2*1H;;/q-1;;;+1;+2/p-2. The Morgan fingerprint density at radius 3 is 2.05 bits per heavy atom. The third-order valence-corrected chi connectivity index (χ3v) is 5.65. The minimum Gasteiger partial charge on any atom is -1.00 e. The van der Waals surface area contributed by atoms with Gasteiger partial charge in [-0.3, -0.25) is 0 Å². The monoisotopic (exact) mass is 386 g/mol. The Morgan fingerprint density at radius 2 is 1.59 bits per heavy atom. The van der Waals surface area contributed by atoms with Crippen molar-refractivity contribution in [3.8, 4) is 5.75 Å². The smallest absolute Gasteiger partial charge is 1.00 e. The van der Waals surface area contributed by atoms with Gasteiger partial charge >= 0.3 is 41.9 Å². The number of hydrogen-bond acceptors (Lipinski definition) is 1. The molecule has 0 saturated heterocycles. The van der Waals surface area contributed by atoms with Gasteiger partial charge in [0, 0.05) is 5.75 Å². The van der Waals surface area contributed by atoms with E-state index in [4.69, 9.17) is 4.74 Å². The Kier molecular flexibility index (Phi) is 9.49. The molecule has 4 aliphatic carbocycles. The Labute approximate surface area is 179 Å². The molecule has 22 heavy (non-hydrogen) atoms. The van der Waals surface area contributed by atoms with Crippen molar-refractivity contribution in [1.82, 2.24) is 0 Å². The molecule has 0 aromatic heterocycles. The molecular weight excluding hydrogens is 367 g/mol. The molecule has 0 N–H and O–H groups in total. The minimum absolute atomic E-state index is 0. The molecule has 1 aromatic rings. The topological polar surface area (TPSA) is 9.23 Å². The average molecular weight is 388 g/mol. The molecule has 0 unspecified atom stereocenters. The van der Waals surface area contributed by atoms with E-state index in [0.717, 1.165) is 23.5 Å². The van der Waals surface area contributed by atoms with Crippen LogP contribution in [0, 0.1) is 23.8 Å². The second-order valence-corrected chi connectivity index (χ2v) is 6.82. The SMILES string of the molecule is COc1cc[c-]cc1C12CC3CC(CC(C3)C1)C2.[Br-].[Cl-].[Li+].[Mg+2]. The number of ether oxygens (including phenoxy) is 1. The summed E-state index contributed by atoms with van der Waals surface area (Å²) in [6.45, 7) is 0. The zero-order valence-corrected chi connectivity index (χ0v) is 17.3. The van der Waals surface area contributed by atoms with Crippen LogP contribution in [0.15, 0.2) is 18.2 Å². The molecule has 0 atom stereocenters. The molecule has 4 aliphatic rings. The summed E-state index contributed by atoms with van der Waals surface area (Å²) in [7, 11) is 1.80. The van der Waals surface area contributed by atoms with Gasteiger partial charge < -0.3 is 34.1 Å². The third kappa shape index (κ3) is 3.86. The molecule has 4 fully saturated rings. The molecule has 4 bridgehead atoms. The van der Waals surface area contributed by atoms with Crippen molar-refractivity contribution in [2.24, 2.45) is 17.8 Å². The third-order valence-electron chi connectivity index (χ3n) is 5.65. The van der Waals surface area contributed by atoms with Crippen LogP contribution >= 0.6 is 0 Å². The number of hydrogen-bond donors (Lipinski definition) is 0. The van der Waals surface area contributed by atoms with Crippen LogP contribution in [0.5, 0.6) is 5.75 Å². The predicted octanol–water partition coefficient (Wildman–Crippen LogP) is -5.41. The molecule has 1 nitrogen and oxygen atoms in total. The summed E-state index contributed by atoms with van der Waals surface area (Å²) >= 11 is 0. The number of halogens is 2. The zero-order valence-electron chi connectivity index (χ0n) is 13.6. The molecule has 112 valence electrons. The second-order valence-electron chi connectivity index (χ2n) is 6.82. The molecule has 0 heterocycles. The first-order chi connectivity index (χ1) is 8.79. The first kappa shape index (κ1) is 23.2. The van der Waals surface area contributed by atoms with Gasteiger partial charge in [0.2, 0.25) is 0 Å². The van der Waals surface area contributed by atoms with E-state index in [9.17, 15) is 0 Å². The molecule has 4 saturated carbocycles. The van der Waals surface area contributed by atoms with E-state index in [2.05, 4.69) is 18.2 Å². The Hall–Kier alpha value is 1.15. The van der Waals surface area contributed by atoms with Gasteiger partial charge in [0.1, 0.15) is 0 Å². The summed E-state index contributed by atoms with van der Waals surface area (Å²) in [5, 5.41) is 0. The minimum atomic E-state index is 0. The van der Waals surface area contributed by atoms with Crippen LogP contribution in [0.2, 0.25) is 0 Å². The molecule has 5 heteroatoms. The normalized spacial score (nSPS) is 33.6. The fraction of sp³-hybridized carbons (Fsp3) is 0.647. The fourth-order valence-electron chi connectivity index (χ4n) is 5.45. The van der Waals surface area contributed by atoms with Crippen molar-refractivity contribution in [2.45, 2.75) is 43.9 Å². The Balaban J connectivity index is 0.00000110. The van der Waals surface area contributed by atoms with Gasteiger partial charge in [-0.15, -0.1) is 11.6 Å². The number of rotatable bonds is 2. The van der Waals surface area contributed by atoms with E-state index < -0.39 is 0 Å². The van der Waals surface area contributed by atoms with Crippen LogP contribution in [-0.4, -0.2) is 30.2 Å². The molecule has 0 aliphatic heterocycles. The van der Waals surface area contributed by atoms with Crippen molar-refractivity contribution < 1.29 is 53.0 Å². The maximum absolute atomic E-state index is 5.61. The van der Waals surface area contributed by atoms with E-state index in [1.807, 2.05) is 6.07 Å². The van der Waals surface area contributed by atoms with Crippen molar-refractivity contribution >= 4 is 23.1 Å². The van der Waals surface area contributed by atoms with Gasteiger partial charge in [0.25, 0.3) is 0 Å². The molecular formula is C17H21BrClLiMgO. The Bertz CT molecular complexity index is 450. The van der Waals surface area contributed by atoms with E-state index in [-0.39, 0.29) is 71.3 Å². The molecule has 0 radical (unpaired) electrons. The van der Waals surface area contributed by atoms with Gasteiger partial charge in [0.05, 0.1) is 7.11 Å². The van der Waals surface area contributed by atoms with Crippen LogP contribution in [0.4, 0.5) is 0 Å². The first-order valence-electron chi connectivity index (χ1n) is 7.34. The van der Waals surface area contributed by atoms with Crippen LogP contribution in [-0.2, 0) is 5.41 Å². The van der Waals surface area contributed by atoms with Crippen molar-refractivity contribution in [3.05, 3.63) is 29.8 Å².